The van der Waals surface area contributed by atoms with Gasteiger partial charge in [-0.15, -0.1) is 0 Å². The van der Waals surface area contributed by atoms with E-state index in [2.05, 4.69) is 45.1 Å². The van der Waals surface area contributed by atoms with Crippen LogP contribution in [0.15, 0.2) is 48.6 Å². The van der Waals surface area contributed by atoms with E-state index in [1.807, 2.05) is 12.2 Å². The molecule has 6 heteroatoms. The van der Waals surface area contributed by atoms with Crippen molar-refractivity contribution < 1.29 is 29.0 Å². The molecule has 1 N–H and O–H groups in total. The van der Waals surface area contributed by atoms with Gasteiger partial charge in [-0.2, -0.15) is 0 Å². The number of rotatable bonds is 32. The molecule has 0 aliphatic rings. The number of hydrogen-bond donors (Lipinski definition) is 1. The topological polar surface area (TPSA) is 89.9 Å². The van der Waals surface area contributed by atoms with Gasteiger partial charge in [0.1, 0.15) is 19.3 Å². The normalized spacial score (nSPS) is 12.7. The maximum absolute atomic E-state index is 12.0. The molecule has 0 bridgehead atoms. The quantitative estimate of drug-likeness (QED) is 0.0258. The lowest BCUT2D eigenvalue weighted by Crippen LogP contribution is -2.25. The average molecular weight is 645 g/mol. The van der Waals surface area contributed by atoms with Crippen LogP contribution in [0.2, 0.25) is 0 Å². The third-order valence-corrected chi connectivity index (χ3v) is 7.72. The Morgan fingerprint density at radius 3 is 1.70 bits per heavy atom. The van der Waals surface area contributed by atoms with E-state index in [0.717, 1.165) is 44.4 Å². The van der Waals surface area contributed by atoms with Crippen LogP contribution in [-0.4, -0.2) is 42.1 Å². The zero-order valence-corrected chi connectivity index (χ0v) is 29.7. The van der Waals surface area contributed by atoms with Crippen LogP contribution in [0, 0.1) is 5.92 Å². The van der Waals surface area contributed by atoms with Gasteiger partial charge in [0.15, 0.2) is 5.78 Å². The number of hydrogen-bond acceptors (Lipinski definition) is 6. The molecule has 264 valence electrons. The fraction of sp³-hybridized carbons (Fsp3) is 0.725. The molecule has 0 fully saturated rings. The van der Waals surface area contributed by atoms with Crippen LogP contribution >= 0.6 is 0 Å². The zero-order chi connectivity index (χ0) is 33.9. The molecule has 0 aromatic heterocycles. The summed E-state index contributed by atoms with van der Waals surface area (Å²) in [6, 6.07) is 0. The predicted molar refractivity (Wildman–Crippen MR) is 192 cm³/mol. The van der Waals surface area contributed by atoms with Crippen molar-refractivity contribution >= 4 is 17.7 Å². The van der Waals surface area contributed by atoms with Crippen molar-refractivity contribution in [3.8, 4) is 0 Å². The Morgan fingerprint density at radius 2 is 1.11 bits per heavy atom. The molecular weight excluding hydrogens is 576 g/mol. The van der Waals surface area contributed by atoms with Gasteiger partial charge in [0.05, 0.1) is 0 Å². The van der Waals surface area contributed by atoms with E-state index in [0.29, 0.717) is 12.8 Å². The standard InChI is InChI=1S/C40H68O6/c1-4-5-6-7-8-9-10-11-14-17-20-23-26-30-37(41)31-28-33-40(44)46-35-38(42)34-45-39(43)32-27-24-21-18-15-12-13-16-19-22-25-29-36(2)3/h8-9,11,14,20,23,26,30,36,38,42H,4-7,10,12-13,15-19,21-22,24-25,27-29,31-35H2,1-3H3/b9-8-,14-11-,23-20-,30-26+/t38-/m1/s1. The number of ketones is 1. The van der Waals surface area contributed by atoms with E-state index in [-0.39, 0.29) is 37.8 Å². The van der Waals surface area contributed by atoms with Gasteiger partial charge in [-0.25, -0.2) is 0 Å². The Balaban J connectivity index is 3.66. The van der Waals surface area contributed by atoms with Crippen LogP contribution < -0.4 is 0 Å². The minimum Gasteiger partial charge on any atom is -0.463 e. The molecule has 0 amide bonds. The zero-order valence-electron chi connectivity index (χ0n) is 29.7. The Hall–Kier alpha value is -2.47. The summed E-state index contributed by atoms with van der Waals surface area (Å²) in [5, 5.41) is 9.97. The molecule has 0 rings (SSSR count). The SMILES string of the molecule is CCCCC/C=C\C/C=C\C/C=C\C=C\C(=O)CCCC(=O)OC[C@H](O)COC(=O)CCCCCCCCCCCCCC(C)C. The van der Waals surface area contributed by atoms with E-state index in [1.54, 1.807) is 6.08 Å². The Morgan fingerprint density at radius 1 is 0.587 bits per heavy atom. The fourth-order valence-corrected chi connectivity index (χ4v) is 4.87. The maximum atomic E-state index is 12.0. The number of aliphatic hydroxyl groups excluding tert-OH is 1. The van der Waals surface area contributed by atoms with Crippen LogP contribution in [-0.2, 0) is 23.9 Å². The van der Waals surface area contributed by atoms with Crippen LogP contribution in [0.5, 0.6) is 0 Å². The molecule has 0 spiro atoms. The molecule has 1 atom stereocenters. The first-order valence-electron chi connectivity index (χ1n) is 18.5. The van der Waals surface area contributed by atoms with E-state index < -0.39 is 12.1 Å². The molecule has 0 aliphatic heterocycles. The van der Waals surface area contributed by atoms with Crippen molar-refractivity contribution in [3.05, 3.63) is 48.6 Å². The van der Waals surface area contributed by atoms with Gasteiger partial charge in [0.25, 0.3) is 0 Å². The first-order valence-corrected chi connectivity index (χ1v) is 18.5. The van der Waals surface area contributed by atoms with Gasteiger partial charge < -0.3 is 14.6 Å². The molecule has 0 radical (unpaired) electrons. The van der Waals surface area contributed by atoms with Gasteiger partial charge in [-0.05, 0) is 50.5 Å². The van der Waals surface area contributed by atoms with Crippen LogP contribution in [0.3, 0.4) is 0 Å². The third-order valence-electron chi connectivity index (χ3n) is 7.72. The van der Waals surface area contributed by atoms with Crippen molar-refractivity contribution in [2.75, 3.05) is 13.2 Å². The second kappa shape index (κ2) is 33.9. The van der Waals surface area contributed by atoms with Gasteiger partial charge in [0.2, 0.25) is 0 Å². The van der Waals surface area contributed by atoms with E-state index in [1.165, 1.54) is 83.1 Å². The Labute approximate surface area is 282 Å². The van der Waals surface area contributed by atoms with Crippen LogP contribution in [0.1, 0.15) is 162 Å². The first-order chi connectivity index (χ1) is 22.3. The van der Waals surface area contributed by atoms with Crippen molar-refractivity contribution in [2.24, 2.45) is 5.92 Å². The molecule has 6 nitrogen and oxygen atoms in total. The predicted octanol–water partition coefficient (Wildman–Crippen LogP) is 10.5. The number of allylic oxidation sites excluding steroid dienone is 8. The number of carbonyl (C=O) groups excluding carboxylic acids is 3. The highest BCUT2D eigenvalue weighted by Crippen LogP contribution is 2.14. The smallest absolute Gasteiger partial charge is 0.305 e. The molecule has 46 heavy (non-hydrogen) atoms. The summed E-state index contributed by atoms with van der Waals surface area (Å²) < 4.78 is 10.2. The van der Waals surface area contributed by atoms with Gasteiger partial charge in [-0.3, -0.25) is 14.4 Å². The van der Waals surface area contributed by atoms with Crippen molar-refractivity contribution in [3.63, 3.8) is 0 Å². The number of unbranched alkanes of at least 4 members (excludes halogenated alkanes) is 13. The summed E-state index contributed by atoms with van der Waals surface area (Å²) in [4.78, 5) is 35.8. The highest BCUT2D eigenvalue weighted by Gasteiger charge is 2.12. The number of ether oxygens (including phenoxy) is 2. The highest BCUT2D eigenvalue weighted by molar-refractivity contribution is 5.90. The molecule has 0 heterocycles. The molecule has 0 saturated carbocycles. The van der Waals surface area contributed by atoms with Crippen molar-refractivity contribution in [2.45, 2.75) is 168 Å². The second-order valence-corrected chi connectivity index (χ2v) is 12.9. The molecule has 0 aliphatic carbocycles. The molecule has 0 aromatic rings. The molecule has 0 aromatic carbocycles. The van der Waals surface area contributed by atoms with E-state index in [4.69, 9.17) is 9.47 Å². The Bertz CT molecular complexity index is 854. The summed E-state index contributed by atoms with van der Waals surface area (Å²) in [7, 11) is 0. The monoisotopic (exact) mass is 645 g/mol. The fourth-order valence-electron chi connectivity index (χ4n) is 4.87. The number of aliphatic hydroxyl groups is 1. The van der Waals surface area contributed by atoms with Crippen molar-refractivity contribution in [1.29, 1.82) is 0 Å². The minimum absolute atomic E-state index is 0.0496. The largest absolute Gasteiger partial charge is 0.463 e. The second-order valence-electron chi connectivity index (χ2n) is 12.9. The minimum atomic E-state index is -1.05. The average Bonchev–Trinajstić information content (AvgIpc) is 3.03. The summed E-state index contributed by atoms with van der Waals surface area (Å²) >= 11 is 0. The third kappa shape index (κ3) is 34.4. The summed E-state index contributed by atoms with van der Waals surface area (Å²) in [6.07, 6.45) is 37.4. The molecule has 0 unspecified atom stereocenters. The molecular formula is C40H68O6. The lowest BCUT2D eigenvalue weighted by Gasteiger charge is -2.12. The number of carbonyl (C=O) groups is 3. The summed E-state index contributed by atoms with van der Waals surface area (Å²) in [6.45, 7) is 6.38. The van der Waals surface area contributed by atoms with Gasteiger partial charge in [0, 0.05) is 19.3 Å². The first kappa shape index (κ1) is 43.5. The van der Waals surface area contributed by atoms with Gasteiger partial charge in [-0.1, -0.05) is 147 Å². The van der Waals surface area contributed by atoms with Crippen LogP contribution in [0.25, 0.3) is 0 Å². The number of esters is 2. The maximum Gasteiger partial charge on any atom is 0.305 e. The lowest BCUT2D eigenvalue weighted by molar-refractivity contribution is -0.152. The van der Waals surface area contributed by atoms with E-state index in [9.17, 15) is 19.5 Å². The van der Waals surface area contributed by atoms with Gasteiger partial charge >= 0.3 is 11.9 Å². The Kier molecular flexibility index (Phi) is 32.1. The van der Waals surface area contributed by atoms with E-state index >= 15 is 0 Å². The van der Waals surface area contributed by atoms with Crippen LogP contribution in [0.4, 0.5) is 0 Å². The molecule has 0 saturated heterocycles. The summed E-state index contributed by atoms with van der Waals surface area (Å²) in [5.74, 6) is -0.0388. The summed E-state index contributed by atoms with van der Waals surface area (Å²) in [5.41, 5.74) is 0. The van der Waals surface area contributed by atoms with Crippen molar-refractivity contribution in [1.82, 2.24) is 0 Å². The lowest BCUT2D eigenvalue weighted by atomic mass is 10.0. The highest BCUT2D eigenvalue weighted by atomic mass is 16.6.